The van der Waals surface area contributed by atoms with Crippen LogP contribution in [0.5, 0.6) is 0 Å². The molecular weight excluding hydrogens is 329 g/mol. The zero-order valence-corrected chi connectivity index (χ0v) is 13.0. The van der Waals surface area contributed by atoms with Crippen molar-refractivity contribution in [2.24, 2.45) is 0 Å². The number of hydrogen-bond donors (Lipinski definition) is 3. The van der Waals surface area contributed by atoms with Crippen LogP contribution in [0.2, 0.25) is 0 Å². The first-order chi connectivity index (χ1) is 11.9. The molecule has 128 valence electrons. The van der Waals surface area contributed by atoms with Gasteiger partial charge in [-0.2, -0.15) is 0 Å². The number of aromatic nitrogens is 1. The van der Waals surface area contributed by atoms with E-state index in [0.717, 1.165) is 11.0 Å². The van der Waals surface area contributed by atoms with Gasteiger partial charge in [0.15, 0.2) is 0 Å². The van der Waals surface area contributed by atoms with Crippen LogP contribution in [0.1, 0.15) is 16.9 Å². The van der Waals surface area contributed by atoms with Crippen LogP contribution in [0.15, 0.2) is 36.4 Å². The van der Waals surface area contributed by atoms with Crippen LogP contribution in [0.25, 0.3) is 0 Å². The molecule has 0 aliphatic carbocycles. The van der Waals surface area contributed by atoms with Gasteiger partial charge in [-0.1, -0.05) is 6.07 Å². The van der Waals surface area contributed by atoms with Gasteiger partial charge in [-0.05, 0) is 30.3 Å². The molecule has 2 heterocycles. The molecule has 0 atom stereocenters. The standard InChI is InChI=1S/C16H14FN5O3/c17-10-5-4-9(19-15(24)11-2-1-3-13(18)20-11)8-12(10)22-7-6-14(23)21-16(22)25/h1-5,8H,6-7H2,(H2,18,20)(H,19,24)(H,21,23,25). The molecule has 0 unspecified atom stereocenters. The molecule has 0 spiro atoms. The second kappa shape index (κ2) is 6.56. The second-order valence-corrected chi connectivity index (χ2v) is 5.32. The number of urea groups is 1. The van der Waals surface area contributed by atoms with Crippen LogP contribution in [0.4, 0.5) is 26.4 Å². The number of halogens is 1. The molecular formula is C16H14FN5O3. The van der Waals surface area contributed by atoms with Gasteiger partial charge in [0.25, 0.3) is 5.91 Å². The number of hydrogen-bond acceptors (Lipinski definition) is 5. The van der Waals surface area contributed by atoms with Gasteiger partial charge in [-0.15, -0.1) is 0 Å². The highest BCUT2D eigenvalue weighted by atomic mass is 19.1. The monoisotopic (exact) mass is 343 g/mol. The molecule has 25 heavy (non-hydrogen) atoms. The Kier molecular flexibility index (Phi) is 4.29. The number of benzene rings is 1. The molecule has 4 amide bonds. The highest BCUT2D eigenvalue weighted by molar-refractivity contribution is 6.06. The number of nitrogen functional groups attached to an aromatic ring is 1. The van der Waals surface area contributed by atoms with Crippen molar-refractivity contribution >= 4 is 35.0 Å². The lowest BCUT2D eigenvalue weighted by Gasteiger charge is -2.27. The molecule has 2 aromatic rings. The van der Waals surface area contributed by atoms with Crippen molar-refractivity contribution in [1.82, 2.24) is 10.3 Å². The summed E-state index contributed by atoms with van der Waals surface area (Å²) >= 11 is 0. The first kappa shape index (κ1) is 16.4. The second-order valence-electron chi connectivity index (χ2n) is 5.32. The Morgan fingerprint density at radius 3 is 2.80 bits per heavy atom. The molecule has 1 aliphatic heterocycles. The summed E-state index contributed by atoms with van der Waals surface area (Å²) in [6.45, 7) is 0.0514. The lowest BCUT2D eigenvalue weighted by atomic mass is 10.2. The Bertz CT molecular complexity index is 871. The molecule has 8 nitrogen and oxygen atoms in total. The predicted molar refractivity (Wildman–Crippen MR) is 88.5 cm³/mol. The van der Waals surface area contributed by atoms with Crippen LogP contribution in [-0.2, 0) is 4.79 Å². The molecule has 4 N–H and O–H groups in total. The van der Waals surface area contributed by atoms with Gasteiger partial charge >= 0.3 is 6.03 Å². The first-order valence-electron chi connectivity index (χ1n) is 7.39. The fourth-order valence-electron chi connectivity index (χ4n) is 2.36. The minimum atomic E-state index is -0.712. The largest absolute Gasteiger partial charge is 0.384 e. The van der Waals surface area contributed by atoms with Gasteiger partial charge in [0.05, 0.1) is 5.69 Å². The minimum Gasteiger partial charge on any atom is -0.384 e. The van der Waals surface area contributed by atoms with Crippen LogP contribution < -0.4 is 21.3 Å². The molecule has 1 aliphatic rings. The number of nitrogens with zero attached hydrogens (tertiary/aromatic N) is 2. The van der Waals surface area contributed by atoms with Crippen molar-refractivity contribution in [3.05, 3.63) is 47.9 Å². The number of nitrogens with one attached hydrogen (secondary N) is 2. The summed E-state index contributed by atoms with van der Waals surface area (Å²) in [6.07, 6.45) is 0.0645. The normalized spacial score (nSPS) is 14.2. The highest BCUT2D eigenvalue weighted by Crippen LogP contribution is 2.25. The summed E-state index contributed by atoms with van der Waals surface area (Å²) < 4.78 is 14.1. The number of anilines is 3. The molecule has 1 fully saturated rings. The van der Waals surface area contributed by atoms with E-state index in [0.29, 0.717) is 0 Å². The maximum Gasteiger partial charge on any atom is 0.328 e. The van der Waals surface area contributed by atoms with E-state index in [1.165, 1.54) is 18.2 Å². The van der Waals surface area contributed by atoms with Crippen molar-refractivity contribution in [1.29, 1.82) is 0 Å². The number of nitrogens with two attached hydrogens (primary N) is 1. The van der Waals surface area contributed by atoms with Crippen LogP contribution in [0.3, 0.4) is 0 Å². The highest BCUT2D eigenvalue weighted by Gasteiger charge is 2.26. The summed E-state index contributed by atoms with van der Waals surface area (Å²) in [7, 11) is 0. The van der Waals surface area contributed by atoms with Gasteiger partial charge in [0.1, 0.15) is 17.3 Å². The smallest absolute Gasteiger partial charge is 0.328 e. The Morgan fingerprint density at radius 1 is 1.28 bits per heavy atom. The topological polar surface area (TPSA) is 117 Å². The SMILES string of the molecule is Nc1cccc(C(=O)Nc2ccc(F)c(N3CCC(=O)NC3=O)c2)n1. The number of rotatable bonds is 3. The van der Waals surface area contributed by atoms with Crippen LogP contribution in [-0.4, -0.2) is 29.4 Å². The number of amides is 4. The third-order valence-corrected chi connectivity index (χ3v) is 3.55. The van der Waals surface area contributed by atoms with Crippen LogP contribution in [0, 0.1) is 5.82 Å². The molecule has 0 radical (unpaired) electrons. The average molecular weight is 343 g/mol. The summed E-state index contributed by atoms with van der Waals surface area (Å²) in [6, 6.07) is 7.70. The van der Waals surface area contributed by atoms with E-state index in [1.54, 1.807) is 12.1 Å². The molecule has 1 aromatic heterocycles. The van der Waals surface area contributed by atoms with E-state index in [1.807, 2.05) is 0 Å². The number of pyridine rings is 1. The lowest BCUT2D eigenvalue weighted by molar-refractivity contribution is -0.120. The summed E-state index contributed by atoms with van der Waals surface area (Å²) in [5.74, 6) is -1.39. The number of carbonyl (C=O) groups is 3. The van der Waals surface area contributed by atoms with Crippen LogP contribution >= 0.6 is 0 Å². The Morgan fingerprint density at radius 2 is 2.08 bits per heavy atom. The van der Waals surface area contributed by atoms with Crippen molar-refractivity contribution in [2.45, 2.75) is 6.42 Å². The third-order valence-electron chi connectivity index (χ3n) is 3.55. The van der Waals surface area contributed by atoms with Crippen molar-refractivity contribution < 1.29 is 18.8 Å². The summed E-state index contributed by atoms with van der Waals surface area (Å²) in [5, 5.41) is 4.68. The first-order valence-corrected chi connectivity index (χ1v) is 7.39. The maximum atomic E-state index is 14.1. The fourth-order valence-corrected chi connectivity index (χ4v) is 2.36. The van der Waals surface area contributed by atoms with Crippen molar-refractivity contribution in [3.8, 4) is 0 Å². The Balaban J connectivity index is 1.83. The molecule has 0 saturated carbocycles. The van der Waals surface area contributed by atoms with E-state index in [9.17, 15) is 18.8 Å². The quantitative estimate of drug-likeness (QED) is 0.781. The Hall–Kier alpha value is -3.49. The molecule has 0 bridgehead atoms. The van der Waals surface area contributed by atoms with E-state index in [2.05, 4.69) is 15.6 Å². The van der Waals surface area contributed by atoms with E-state index in [4.69, 9.17) is 5.73 Å². The Labute approximate surface area is 141 Å². The van der Waals surface area contributed by atoms with Crippen molar-refractivity contribution in [2.75, 3.05) is 22.5 Å². The third kappa shape index (κ3) is 3.55. The predicted octanol–water partition coefficient (Wildman–Crippen LogP) is 1.50. The minimum absolute atomic E-state index is 0.0386. The van der Waals surface area contributed by atoms with Gasteiger partial charge in [0.2, 0.25) is 5.91 Å². The fraction of sp³-hybridized carbons (Fsp3) is 0.125. The van der Waals surface area contributed by atoms with E-state index >= 15 is 0 Å². The van der Waals surface area contributed by atoms with Gasteiger partial charge in [-0.3, -0.25) is 19.8 Å². The zero-order chi connectivity index (χ0) is 18.0. The molecule has 1 aromatic carbocycles. The van der Waals surface area contributed by atoms with Gasteiger partial charge in [0, 0.05) is 18.7 Å². The lowest BCUT2D eigenvalue weighted by Crippen LogP contribution is -2.49. The van der Waals surface area contributed by atoms with Crippen molar-refractivity contribution in [3.63, 3.8) is 0 Å². The number of carbonyl (C=O) groups excluding carboxylic acids is 3. The summed E-state index contributed by atoms with van der Waals surface area (Å²) in [5.41, 5.74) is 5.88. The summed E-state index contributed by atoms with van der Waals surface area (Å²) in [4.78, 5) is 40.3. The van der Waals surface area contributed by atoms with E-state index in [-0.39, 0.29) is 35.9 Å². The zero-order valence-electron chi connectivity index (χ0n) is 13.0. The average Bonchev–Trinajstić information content (AvgIpc) is 2.57. The van der Waals surface area contributed by atoms with Gasteiger partial charge in [-0.25, -0.2) is 14.2 Å². The molecule has 1 saturated heterocycles. The number of imide groups is 1. The molecule has 9 heteroatoms. The maximum absolute atomic E-state index is 14.1. The van der Waals surface area contributed by atoms with E-state index < -0.39 is 23.7 Å². The van der Waals surface area contributed by atoms with Gasteiger partial charge < -0.3 is 11.1 Å². The molecule has 3 rings (SSSR count).